The van der Waals surface area contributed by atoms with E-state index < -0.39 is 16.0 Å². The maximum absolute atomic E-state index is 12.0. The molecule has 17 heavy (non-hydrogen) atoms. The smallest absolute Gasteiger partial charge is 0.303 e. The molecule has 1 heterocycles. The fraction of sp³-hybridized carbons (Fsp3) is 0.444. The van der Waals surface area contributed by atoms with Crippen LogP contribution >= 0.6 is 27.3 Å². The van der Waals surface area contributed by atoms with Gasteiger partial charge >= 0.3 is 5.97 Å². The van der Waals surface area contributed by atoms with Crippen LogP contribution in [0.2, 0.25) is 0 Å². The van der Waals surface area contributed by atoms with Gasteiger partial charge in [0.05, 0.1) is 3.79 Å². The fourth-order valence-electron chi connectivity index (χ4n) is 1.16. The molecule has 0 saturated heterocycles. The van der Waals surface area contributed by atoms with Crippen molar-refractivity contribution < 1.29 is 18.3 Å². The summed E-state index contributed by atoms with van der Waals surface area (Å²) in [5.74, 6) is -0.922. The summed E-state index contributed by atoms with van der Waals surface area (Å²) in [5.41, 5.74) is 0. The highest BCUT2D eigenvalue weighted by atomic mass is 79.9. The van der Waals surface area contributed by atoms with Gasteiger partial charge in [-0.2, -0.15) is 0 Å². The van der Waals surface area contributed by atoms with Crippen molar-refractivity contribution in [3.63, 3.8) is 0 Å². The second-order valence-corrected chi connectivity index (χ2v) is 8.12. The summed E-state index contributed by atoms with van der Waals surface area (Å²) in [4.78, 5) is 10.3. The topological polar surface area (TPSA) is 74.7 Å². The third-order valence-electron chi connectivity index (χ3n) is 2.08. The highest BCUT2D eigenvalue weighted by Crippen LogP contribution is 2.27. The molecule has 0 unspecified atom stereocenters. The lowest BCUT2D eigenvalue weighted by Crippen LogP contribution is -2.27. The largest absolute Gasteiger partial charge is 0.481 e. The van der Waals surface area contributed by atoms with E-state index in [9.17, 15) is 13.2 Å². The minimum absolute atomic E-state index is 0.0337. The summed E-state index contributed by atoms with van der Waals surface area (Å²) >= 11 is 4.34. The highest BCUT2D eigenvalue weighted by Gasteiger charge is 2.22. The summed E-state index contributed by atoms with van der Waals surface area (Å²) in [6, 6.07) is 3.19. The maximum Gasteiger partial charge on any atom is 0.303 e. The number of carboxylic acids is 1. The van der Waals surface area contributed by atoms with E-state index in [0.29, 0.717) is 6.42 Å². The molecule has 96 valence electrons. The van der Waals surface area contributed by atoms with Gasteiger partial charge in [0.1, 0.15) is 4.21 Å². The van der Waals surface area contributed by atoms with E-state index >= 15 is 0 Å². The average molecular weight is 342 g/mol. The predicted molar refractivity (Wildman–Crippen MR) is 68.7 cm³/mol. The van der Waals surface area contributed by atoms with Gasteiger partial charge in [0.2, 0.25) is 0 Å². The Labute approximate surface area is 112 Å². The van der Waals surface area contributed by atoms with Gasteiger partial charge in [-0.15, -0.1) is 11.3 Å². The molecule has 0 atom stereocenters. The van der Waals surface area contributed by atoms with Crippen LogP contribution in [0.15, 0.2) is 20.1 Å². The molecule has 0 bridgehead atoms. The van der Waals surface area contributed by atoms with Crippen LogP contribution in [0.4, 0.5) is 0 Å². The van der Waals surface area contributed by atoms with Crippen LogP contribution in [0.25, 0.3) is 0 Å². The van der Waals surface area contributed by atoms with Gasteiger partial charge in [-0.1, -0.05) is 0 Å². The van der Waals surface area contributed by atoms with Crippen LogP contribution in [0.1, 0.15) is 12.8 Å². The molecule has 1 aromatic heterocycles. The molecule has 0 aliphatic carbocycles. The third-order valence-corrected chi connectivity index (χ3v) is 6.02. The minimum atomic E-state index is -3.49. The number of hydrogen-bond donors (Lipinski definition) is 1. The Morgan fingerprint density at radius 3 is 2.65 bits per heavy atom. The van der Waals surface area contributed by atoms with Crippen LogP contribution in [-0.4, -0.2) is 37.4 Å². The van der Waals surface area contributed by atoms with Crippen molar-refractivity contribution >= 4 is 43.3 Å². The standard InChI is InChI=1S/C9H12BrNO4S2/c1-11(6-2-3-8(12)13)17(14,15)9-5-4-7(10)16-9/h4-5H,2-3,6H2,1H3,(H,12,13). The first-order valence-corrected chi connectivity index (χ1v) is 7.82. The molecule has 0 aliphatic heterocycles. The van der Waals surface area contributed by atoms with Gasteiger partial charge < -0.3 is 5.11 Å². The molecule has 0 fully saturated rings. The zero-order valence-electron chi connectivity index (χ0n) is 9.09. The average Bonchev–Trinajstić information content (AvgIpc) is 2.64. The molecule has 0 radical (unpaired) electrons. The summed E-state index contributed by atoms with van der Waals surface area (Å²) in [6.45, 7) is 0.199. The number of carbonyl (C=O) groups is 1. The van der Waals surface area contributed by atoms with Gasteiger partial charge in [0.25, 0.3) is 10.0 Å². The molecule has 0 spiro atoms. The molecule has 5 nitrogen and oxygen atoms in total. The Morgan fingerprint density at radius 1 is 1.53 bits per heavy atom. The second kappa shape index (κ2) is 5.94. The Balaban J connectivity index is 2.67. The monoisotopic (exact) mass is 341 g/mol. The Bertz CT molecular complexity index is 497. The fourth-order valence-corrected chi connectivity index (χ4v) is 4.59. The lowest BCUT2D eigenvalue weighted by Gasteiger charge is -2.15. The second-order valence-electron chi connectivity index (χ2n) is 3.38. The lowest BCUT2D eigenvalue weighted by atomic mass is 10.3. The van der Waals surface area contributed by atoms with E-state index in [1.54, 1.807) is 6.07 Å². The lowest BCUT2D eigenvalue weighted by molar-refractivity contribution is -0.137. The van der Waals surface area contributed by atoms with Crippen LogP contribution in [0.3, 0.4) is 0 Å². The van der Waals surface area contributed by atoms with E-state index in [0.717, 1.165) is 15.1 Å². The summed E-state index contributed by atoms with van der Waals surface area (Å²) in [5, 5.41) is 8.48. The van der Waals surface area contributed by atoms with Gasteiger partial charge in [0.15, 0.2) is 0 Å². The van der Waals surface area contributed by atoms with Crippen molar-refractivity contribution in [3.8, 4) is 0 Å². The normalized spacial score (nSPS) is 11.9. The van der Waals surface area contributed by atoms with Gasteiger partial charge in [-0.3, -0.25) is 4.79 Å². The van der Waals surface area contributed by atoms with Crippen molar-refractivity contribution in [1.82, 2.24) is 4.31 Å². The molecule has 0 amide bonds. The van der Waals surface area contributed by atoms with Crippen molar-refractivity contribution in [2.45, 2.75) is 17.1 Å². The number of hydrogen-bond acceptors (Lipinski definition) is 4. The zero-order chi connectivity index (χ0) is 13.1. The summed E-state index contributed by atoms with van der Waals surface area (Å²) in [7, 11) is -2.04. The zero-order valence-corrected chi connectivity index (χ0v) is 12.3. The summed E-state index contributed by atoms with van der Waals surface area (Å²) in [6.07, 6.45) is 0.269. The van der Waals surface area contributed by atoms with E-state index in [2.05, 4.69) is 15.9 Å². The number of rotatable bonds is 6. The van der Waals surface area contributed by atoms with E-state index in [4.69, 9.17) is 5.11 Å². The Morgan fingerprint density at radius 2 is 2.18 bits per heavy atom. The SMILES string of the molecule is CN(CCCC(=O)O)S(=O)(=O)c1ccc(Br)s1. The molecule has 0 aliphatic rings. The molecule has 1 aromatic rings. The summed E-state index contributed by atoms with van der Waals surface area (Å²) < 4.78 is 26.2. The molecule has 1 rings (SSSR count). The third kappa shape index (κ3) is 4.06. The number of nitrogens with zero attached hydrogens (tertiary/aromatic N) is 1. The number of sulfonamides is 1. The van der Waals surface area contributed by atoms with Crippen molar-refractivity contribution in [2.75, 3.05) is 13.6 Å². The molecule has 0 saturated carbocycles. The Kier molecular flexibility index (Phi) is 5.11. The van der Waals surface area contributed by atoms with Gasteiger partial charge in [0, 0.05) is 20.0 Å². The maximum atomic E-state index is 12.0. The Hall–Kier alpha value is -0.440. The first-order chi connectivity index (χ1) is 7.84. The van der Waals surface area contributed by atoms with Crippen molar-refractivity contribution in [3.05, 3.63) is 15.9 Å². The molecular weight excluding hydrogens is 330 g/mol. The van der Waals surface area contributed by atoms with E-state index in [1.165, 1.54) is 17.4 Å². The van der Waals surface area contributed by atoms with Crippen LogP contribution < -0.4 is 0 Å². The number of thiophene rings is 1. The van der Waals surface area contributed by atoms with Crippen molar-refractivity contribution in [1.29, 1.82) is 0 Å². The van der Waals surface area contributed by atoms with Crippen LogP contribution in [0.5, 0.6) is 0 Å². The first-order valence-electron chi connectivity index (χ1n) is 4.77. The van der Waals surface area contributed by atoms with Crippen LogP contribution in [-0.2, 0) is 14.8 Å². The molecule has 1 N–H and O–H groups in total. The van der Waals surface area contributed by atoms with Gasteiger partial charge in [-0.25, -0.2) is 12.7 Å². The molecule has 0 aromatic carbocycles. The minimum Gasteiger partial charge on any atom is -0.481 e. The van der Waals surface area contributed by atoms with Crippen LogP contribution in [0, 0.1) is 0 Å². The quantitative estimate of drug-likeness (QED) is 0.858. The van der Waals surface area contributed by atoms with E-state index in [1.807, 2.05) is 0 Å². The van der Waals surface area contributed by atoms with Gasteiger partial charge in [-0.05, 0) is 34.5 Å². The number of carboxylic acid groups (broad SMARTS) is 1. The van der Waals surface area contributed by atoms with Crippen molar-refractivity contribution in [2.24, 2.45) is 0 Å². The highest BCUT2D eigenvalue weighted by molar-refractivity contribution is 9.11. The molecule has 8 heteroatoms. The van der Waals surface area contributed by atoms with E-state index in [-0.39, 0.29) is 17.2 Å². The first kappa shape index (κ1) is 14.6. The molecular formula is C9H12BrNO4S2. The predicted octanol–water partition coefficient (Wildman–Crippen LogP) is 2.00. The number of halogens is 1. The number of aliphatic carboxylic acids is 1.